The molecule has 0 atom stereocenters. The summed E-state index contributed by atoms with van der Waals surface area (Å²) in [4.78, 5) is 22.0. The van der Waals surface area contributed by atoms with Crippen LogP contribution in [0.2, 0.25) is 0 Å². The average Bonchev–Trinajstić information content (AvgIpc) is 2.85. The summed E-state index contributed by atoms with van der Waals surface area (Å²) in [5, 5.41) is 19.2. The number of hydrogen-bond donors (Lipinski definition) is 2. The molecule has 9 heteroatoms. The van der Waals surface area contributed by atoms with E-state index in [1.807, 2.05) is 0 Å². The number of nitrogens with zero attached hydrogens (tertiary/aromatic N) is 4. The van der Waals surface area contributed by atoms with Crippen molar-refractivity contribution in [2.24, 2.45) is 7.05 Å². The van der Waals surface area contributed by atoms with Gasteiger partial charge in [-0.2, -0.15) is 5.10 Å². The van der Waals surface area contributed by atoms with E-state index >= 15 is 0 Å². The summed E-state index contributed by atoms with van der Waals surface area (Å²) in [6.45, 7) is 0.262. The van der Waals surface area contributed by atoms with Crippen molar-refractivity contribution in [3.05, 3.63) is 28.4 Å². The number of carbonyl (C=O) groups is 1. The molecule has 0 aliphatic carbocycles. The number of aryl methyl sites for hydroxylation is 1. The molecule has 0 bridgehead atoms. The lowest BCUT2D eigenvalue weighted by Crippen LogP contribution is -2.19. The monoisotopic (exact) mass is 269 g/mol. The molecule has 0 unspecified atom stereocenters. The highest BCUT2D eigenvalue weighted by atomic mass is 32.2. The molecule has 8 nitrogen and oxygen atoms in total. The zero-order valence-corrected chi connectivity index (χ0v) is 10.3. The predicted octanol–water partition coefficient (Wildman–Crippen LogP) is -0.470. The second-order valence-electron chi connectivity index (χ2n) is 3.56. The Morgan fingerprint density at radius 1 is 1.61 bits per heavy atom. The fourth-order valence-electron chi connectivity index (χ4n) is 1.39. The molecule has 2 aromatic heterocycles. The Morgan fingerprint density at radius 2 is 2.39 bits per heavy atom. The molecule has 18 heavy (non-hydrogen) atoms. The highest BCUT2D eigenvalue weighted by Gasteiger charge is 2.12. The Bertz CT molecular complexity index is 614. The minimum atomic E-state index is -0.958. The van der Waals surface area contributed by atoms with Gasteiger partial charge in [-0.15, -0.1) is 5.10 Å². The third-order valence-corrected chi connectivity index (χ3v) is 3.10. The summed E-state index contributed by atoms with van der Waals surface area (Å²) in [6, 6.07) is 1.78. The molecule has 0 amide bonds. The zero-order chi connectivity index (χ0) is 13.1. The number of rotatable bonds is 5. The van der Waals surface area contributed by atoms with E-state index < -0.39 is 5.97 Å². The summed E-state index contributed by atoms with van der Waals surface area (Å²) in [7, 11) is 1.78. The van der Waals surface area contributed by atoms with Crippen LogP contribution in [0.15, 0.2) is 22.2 Å². The van der Waals surface area contributed by atoms with Gasteiger partial charge in [-0.3, -0.25) is 14.0 Å². The molecule has 2 rings (SSSR count). The van der Waals surface area contributed by atoms with Gasteiger partial charge in [0, 0.05) is 13.2 Å². The number of nitrogens with one attached hydrogen (secondary N) is 1. The van der Waals surface area contributed by atoms with Crippen LogP contribution in [0, 0.1) is 0 Å². The van der Waals surface area contributed by atoms with Gasteiger partial charge in [-0.05, 0) is 6.07 Å². The maximum absolute atomic E-state index is 11.5. The lowest BCUT2D eigenvalue weighted by Gasteiger charge is -2.01. The lowest BCUT2D eigenvalue weighted by molar-refractivity contribution is -0.133. The average molecular weight is 269 g/mol. The highest BCUT2D eigenvalue weighted by molar-refractivity contribution is 7.99. The first kappa shape index (κ1) is 12.4. The number of thioether (sulfide) groups is 1. The van der Waals surface area contributed by atoms with E-state index in [0.717, 1.165) is 11.8 Å². The van der Waals surface area contributed by atoms with E-state index in [1.165, 1.54) is 4.57 Å². The van der Waals surface area contributed by atoms with Crippen molar-refractivity contribution in [2.45, 2.75) is 11.7 Å². The van der Waals surface area contributed by atoms with E-state index in [0.29, 0.717) is 10.9 Å². The van der Waals surface area contributed by atoms with Crippen LogP contribution in [-0.4, -0.2) is 41.4 Å². The number of aromatic nitrogens is 5. The minimum Gasteiger partial charge on any atom is -0.481 e. The Balaban J connectivity index is 2.18. The zero-order valence-electron chi connectivity index (χ0n) is 9.53. The van der Waals surface area contributed by atoms with Crippen LogP contribution < -0.4 is 5.69 Å². The molecular weight excluding hydrogens is 258 g/mol. The molecule has 0 saturated heterocycles. The van der Waals surface area contributed by atoms with Gasteiger partial charge in [-0.1, -0.05) is 11.8 Å². The number of aromatic amines is 1. The Labute approximate surface area is 106 Å². The normalized spacial score (nSPS) is 10.7. The third-order valence-electron chi connectivity index (χ3n) is 2.14. The van der Waals surface area contributed by atoms with Crippen LogP contribution in [0.1, 0.15) is 5.69 Å². The highest BCUT2D eigenvalue weighted by Crippen LogP contribution is 2.13. The van der Waals surface area contributed by atoms with Crippen LogP contribution in [0.3, 0.4) is 0 Å². The molecule has 2 N–H and O–H groups in total. The van der Waals surface area contributed by atoms with Gasteiger partial charge < -0.3 is 5.11 Å². The van der Waals surface area contributed by atoms with Gasteiger partial charge in [-0.25, -0.2) is 9.89 Å². The van der Waals surface area contributed by atoms with Gasteiger partial charge >= 0.3 is 11.7 Å². The molecule has 0 aliphatic heterocycles. The standard InChI is InChI=1S/C9H11N5O3S/c1-13-3-2-6(12-13)4-14-8(17)10-11-9(14)18-5-7(15)16/h2-3H,4-5H2,1H3,(H,10,17)(H,15,16). The molecule has 2 aromatic rings. The molecule has 0 fully saturated rings. The number of H-pyrrole nitrogens is 1. The smallest absolute Gasteiger partial charge is 0.344 e. The van der Waals surface area contributed by atoms with Gasteiger partial charge in [0.15, 0.2) is 5.16 Å². The molecule has 0 aromatic carbocycles. The molecule has 0 spiro atoms. The van der Waals surface area contributed by atoms with Crippen LogP contribution >= 0.6 is 11.8 Å². The van der Waals surface area contributed by atoms with Crippen molar-refractivity contribution in [1.82, 2.24) is 24.5 Å². The number of aliphatic carboxylic acids is 1. The van der Waals surface area contributed by atoms with Crippen LogP contribution in [0.25, 0.3) is 0 Å². The molecule has 0 radical (unpaired) electrons. The van der Waals surface area contributed by atoms with Crippen molar-refractivity contribution in [3.63, 3.8) is 0 Å². The van der Waals surface area contributed by atoms with E-state index in [-0.39, 0.29) is 18.0 Å². The van der Waals surface area contributed by atoms with Crippen molar-refractivity contribution >= 4 is 17.7 Å². The van der Waals surface area contributed by atoms with Gasteiger partial charge in [0.05, 0.1) is 18.0 Å². The van der Waals surface area contributed by atoms with Crippen molar-refractivity contribution in [2.75, 3.05) is 5.75 Å². The summed E-state index contributed by atoms with van der Waals surface area (Å²) in [6.07, 6.45) is 1.77. The van der Waals surface area contributed by atoms with Gasteiger partial charge in [0.2, 0.25) is 0 Å². The summed E-state index contributed by atoms with van der Waals surface area (Å²) < 4.78 is 2.99. The Hall–Kier alpha value is -2.03. The Morgan fingerprint density at radius 3 is 3.00 bits per heavy atom. The summed E-state index contributed by atoms with van der Waals surface area (Å²) >= 11 is 0.989. The molecular formula is C9H11N5O3S. The SMILES string of the molecule is Cn1ccc(Cn2c(SCC(=O)O)n[nH]c2=O)n1. The Kier molecular flexibility index (Phi) is 3.51. The molecule has 0 aliphatic rings. The largest absolute Gasteiger partial charge is 0.481 e. The van der Waals surface area contributed by atoms with Crippen molar-refractivity contribution in [1.29, 1.82) is 0 Å². The number of hydrogen-bond acceptors (Lipinski definition) is 5. The second-order valence-corrected chi connectivity index (χ2v) is 4.50. The molecule has 2 heterocycles. The van der Waals surface area contributed by atoms with Crippen molar-refractivity contribution in [3.8, 4) is 0 Å². The van der Waals surface area contributed by atoms with Gasteiger partial charge in [0.1, 0.15) is 0 Å². The predicted molar refractivity (Wildman–Crippen MR) is 63.5 cm³/mol. The fraction of sp³-hybridized carbons (Fsp3) is 0.333. The van der Waals surface area contributed by atoms with Crippen LogP contribution in [0.5, 0.6) is 0 Å². The van der Waals surface area contributed by atoms with Crippen LogP contribution in [-0.2, 0) is 18.4 Å². The minimum absolute atomic E-state index is 0.146. The molecule has 0 saturated carbocycles. The lowest BCUT2D eigenvalue weighted by atomic mass is 10.4. The van der Waals surface area contributed by atoms with Crippen molar-refractivity contribution < 1.29 is 9.90 Å². The van der Waals surface area contributed by atoms with E-state index in [4.69, 9.17) is 5.11 Å². The first-order valence-corrected chi connectivity index (χ1v) is 6.03. The summed E-state index contributed by atoms with van der Waals surface area (Å²) in [5.41, 5.74) is 0.326. The maximum Gasteiger partial charge on any atom is 0.344 e. The van der Waals surface area contributed by atoms with E-state index in [2.05, 4.69) is 15.3 Å². The second kappa shape index (κ2) is 5.08. The van der Waals surface area contributed by atoms with Gasteiger partial charge in [0.25, 0.3) is 0 Å². The summed E-state index contributed by atoms with van der Waals surface area (Å²) in [5.74, 6) is -1.10. The van der Waals surface area contributed by atoms with E-state index in [1.54, 1.807) is 24.0 Å². The number of carboxylic acid groups (broad SMARTS) is 1. The quantitative estimate of drug-likeness (QED) is 0.711. The fourth-order valence-corrected chi connectivity index (χ4v) is 2.05. The third kappa shape index (κ3) is 2.80. The first-order chi connectivity index (χ1) is 8.56. The first-order valence-electron chi connectivity index (χ1n) is 5.04. The van der Waals surface area contributed by atoms with E-state index in [9.17, 15) is 9.59 Å². The van der Waals surface area contributed by atoms with Crippen LogP contribution in [0.4, 0.5) is 0 Å². The number of carboxylic acids is 1. The molecule has 96 valence electrons. The maximum atomic E-state index is 11.5. The topological polar surface area (TPSA) is 106 Å².